The molecule has 0 saturated heterocycles. The van der Waals surface area contributed by atoms with Gasteiger partial charge < -0.3 is 9.88 Å². The Morgan fingerprint density at radius 3 is 2.67 bits per heavy atom. The number of aromatic nitrogens is 6. The van der Waals surface area contributed by atoms with Crippen molar-refractivity contribution in [3.8, 4) is 22.8 Å². The Bertz CT molecular complexity index is 1260. The van der Waals surface area contributed by atoms with Crippen molar-refractivity contribution in [3.05, 3.63) is 77.2 Å². The molecule has 0 saturated carbocycles. The maximum Gasteiger partial charge on any atom is 0.255 e. The number of Topliss-reactive ketones (excluding diaryl/α,β-unsaturated/α-hetero) is 1. The molecule has 9 nitrogen and oxygen atoms in total. The van der Waals surface area contributed by atoms with E-state index in [1.54, 1.807) is 37.6 Å². The number of nitrogens with one attached hydrogen (secondary N) is 1. The van der Waals surface area contributed by atoms with Crippen LogP contribution in [0.2, 0.25) is 0 Å². The molecule has 0 amide bonds. The molecule has 30 heavy (non-hydrogen) atoms. The van der Waals surface area contributed by atoms with Crippen molar-refractivity contribution < 1.29 is 4.79 Å². The molecule has 0 aliphatic heterocycles. The van der Waals surface area contributed by atoms with E-state index in [-0.39, 0.29) is 23.8 Å². The first-order chi connectivity index (χ1) is 14.5. The monoisotopic (exact) mass is 401 g/mol. The molecular weight excluding hydrogens is 382 g/mol. The maximum absolute atomic E-state index is 12.8. The van der Waals surface area contributed by atoms with Crippen LogP contribution in [0.1, 0.15) is 10.4 Å². The van der Waals surface area contributed by atoms with Gasteiger partial charge in [-0.2, -0.15) is 0 Å². The molecule has 1 aromatic carbocycles. The topological polar surface area (TPSA) is 108 Å². The van der Waals surface area contributed by atoms with E-state index in [4.69, 9.17) is 0 Å². The van der Waals surface area contributed by atoms with Crippen molar-refractivity contribution in [2.24, 2.45) is 14.1 Å². The average molecular weight is 401 g/mol. The first-order valence-corrected chi connectivity index (χ1v) is 9.22. The highest BCUT2D eigenvalue weighted by Crippen LogP contribution is 2.18. The Kier molecular flexibility index (Phi) is 5.17. The molecular formula is C21H19N7O2. The van der Waals surface area contributed by atoms with E-state index < -0.39 is 0 Å². The number of carbonyl (C=O) groups excluding carboxylic acids is 1. The molecule has 0 atom stereocenters. The summed E-state index contributed by atoms with van der Waals surface area (Å²) in [5.74, 6) is 0.927. The molecule has 9 heteroatoms. The van der Waals surface area contributed by atoms with Crippen molar-refractivity contribution in [2.75, 3.05) is 11.9 Å². The zero-order chi connectivity index (χ0) is 21.1. The standard InChI is InChI=1S/C21H19N7O2/c1-27-9-8-23-20(27)15-5-3-4-14(10-15)18(29)12-24-21-26-17(11-19(30)28(21)2)16-6-7-22-13-25-16/h3-11,13H,12H2,1-2H3,(H,24,26). The summed E-state index contributed by atoms with van der Waals surface area (Å²) >= 11 is 0. The Morgan fingerprint density at radius 2 is 1.93 bits per heavy atom. The third-order valence-corrected chi connectivity index (χ3v) is 4.65. The first kappa shape index (κ1) is 19.2. The first-order valence-electron chi connectivity index (χ1n) is 9.22. The molecule has 1 N–H and O–H groups in total. The SMILES string of the molecule is Cn1ccnc1-c1cccc(C(=O)CNc2nc(-c3ccncn3)cc(=O)n2C)c1. The third kappa shape index (κ3) is 3.86. The molecule has 0 bridgehead atoms. The van der Waals surface area contributed by atoms with Crippen molar-refractivity contribution in [1.82, 2.24) is 29.1 Å². The second-order valence-corrected chi connectivity index (χ2v) is 6.68. The quantitative estimate of drug-likeness (QED) is 0.492. The summed E-state index contributed by atoms with van der Waals surface area (Å²) in [5.41, 5.74) is 2.07. The number of aryl methyl sites for hydroxylation is 1. The van der Waals surface area contributed by atoms with Crippen LogP contribution in [-0.2, 0) is 14.1 Å². The summed E-state index contributed by atoms with van der Waals surface area (Å²) in [6, 6.07) is 10.3. The lowest BCUT2D eigenvalue weighted by Crippen LogP contribution is -2.24. The highest BCUT2D eigenvalue weighted by atomic mass is 16.1. The highest BCUT2D eigenvalue weighted by molar-refractivity contribution is 5.99. The fraction of sp³-hybridized carbons (Fsp3) is 0.143. The van der Waals surface area contributed by atoms with Crippen molar-refractivity contribution >= 4 is 11.7 Å². The summed E-state index contributed by atoms with van der Waals surface area (Å²) in [6.45, 7) is -0.0163. The summed E-state index contributed by atoms with van der Waals surface area (Å²) in [7, 11) is 3.49. The number of ketones is 1. The van der Waals surface area contributed by atoms with Crippen LogP contribution < -0.4 is 10.9 Å². The van der Waals surface area contributed by atoms with Crippen LogP contribution >= 0.6 is 0 Å². The minimum absolute atomic E-state index is 0.0163. The normalized spacial score (nSPS) is 10.7. The zero-order valence-electron chi connectivity index (χ0n) is 16.5. The molecule has 0 aliphatic carbocycles. The van der Waals surface area contributed by atoms with Gasteiger partial charge in [0.1, 0.15) is 12.2 Å². The van der Waals surface area contributed by atoms with Gasteiger partial charge in [0.15, 0.2) is 5.78 Å². The highest BCUT2D eigenvalue weighted by Gasteiger charge is 2.12. The predicted octanol–water partition coefficient (Wildman–Crippen LogP) is 1.93. The van der Waals surface area contributed by atoms with Gasteiger partial charge in [0.25, 0.3) is 5.56 Å². The van der Waals surface area contributed by atoms with Gasteiger partial charge in [-0.25, -0.2) is 19.9 Å². The van der Waals surface area contributed by atoms with E-state index in [0.29, 0.717) is 17.0 Å². The number of hydrogen-bond acceptors (Lipinski definition) is 7. The molecule has 0 unspecified atom stereocenters. The summed E-state index contributed by atoms with van der Waals surface area (Å²) < 4.78 is 3.24. The molecule has 4 rings (SSSR count). The minimum Gasteiger partial charge on any atom is -0.348 e. The second kappa shape index (κ2) is 8.08. The van der Waals surface area contributed by atoms with E-state index >= 15 is 0 Å². The van der Waals surface area contributed by atoms with Gasteiger partial charge in [-0.1, -0.05) is 18.2 Å². The predicted molar refractivity (Wildman–Crippen MR) is 112 cm³/mol. The third-order valence-electron chi connectivity index (χ3n) is 4.65. The average Bonchev–Trinajstić information content (AvgIpc) is 3.21. The number of carbonyl (C=O) groups is 1. The van der Waals surface area contributed by atoms with Crippen LogP contribution in [0.25, 0.3) is 22.8 Å². The van der Waals surface area contributed by atoms with E-state index in [9.17, 15) is 9.59 Å². The van der Waals surface area contributed by atoms with Gasteiger partial charge >= 0.3 is 0 Å². The fourth-order valence-corrected chi connectivity index (χ4v) is 3.01. The van der Waals surface area contributed by atoms with Crippen molar-refractivity contribution in [3.63, 3.8) is 0 Å². The summed E-state index contributed by atoms with van der Waals surface area (Å²) in [6.07, 6.45) is 6.52. The van der Waals surface area contributed by atoms with Gasteiger partial charge in [0.2, 0.25) is 5.95 Å². The molecule has 3 aromatic heterocycles. The molecule has 0 spiro atoms. The molecule has 0 aliphatic rings. The Labute approximate surface area is 172 Å². The number of benzene rings is 1. The largest absolute Gasteiger partial charge is 0.348 e. The van der Waals surface area contributed by atoms with Crippen LogP contribution in [0.3, 0.4) is 0 Å². The van der Waals surface area contributed by atoms with E-state index in [0.717, 1.165) is 11.4 Å². The van der Waals surface area contributed by atoms with Crippen LogP contribution in [0, 0.1) is 0 Å². The zero-order valence-corrected chi connectivity index (χ0v) is 16.5. The lowest BCUT2D eigenvalue weighted by molar-refractivity contribution is 0.101. The number of nitrogens with zero attached hydrogens (tertiary/aromatic N) is 6. The Morgan fingerprint density at radius 1 is 1.07 bits per heavy atom. The van der Waals surface area contributed by atoms with Gasteiger partial charge in [0, 0.05) is 49.9 Å². The summed E-state index contributed by atoms with van der Waals surface area (Å²) in [5, 5.41) is 2.97. The molecule has 0 fully saturated rings. The van der Waals surface area contributed by atoms with Crippen LogP contribution in [0.15, 0.2) is 66.1 Å². The van der Waals surface area contributed by atoms with Gasteiger partial charge in [-0.15, -0.1) is 0 Å². The van der Waals surface area contributed by atoms with Gasteiger partial charge in [-0.05, 0) is 12.1 Å². The van der Waals surface area contributed by atoms with Gasteiger partial charge in [0.05, 0.1) is 17.9 Å². The lowest BCUT2D eigenvalue weighted by atomic mass is 10.1. The Balaban J connectivity index is 1.55. The van der Waals surface area contributed by atoms with Crippen LogP contribution in [-0.4, -0.2) is 41.4 Å². The van der Waals surface area contributed by atoms with Gasteiger partial charge in [-0.3, -0.25) is 14.2 Å². The van der Waals surface area contributed by atoms with Crippen molar-refractivity contribution in [2.45, 2.75) is 0 Å². The maximum atomic E-state index is 12.8. The molecule has 3 heterocycles. The molecule has 0 radical (unpaired) electrons. The van der Waals surface area contributed by atoms with E-state index in [2.05, 4.69) is 25.3 Å². The van der Waals surface area contributed by atoms with E-state index in [1.165, 1.54) is 17.0 Å². The van der Waals surface area contributed by atoms with E-state index in [1.807, 2.05) is 29.9 Å². The fourth-order valence-electron chi connectivity index (χ4n) is 3.01. The second-order valence-electron chi connectivity index (χ2n) is 6.68. The number of hydrogen-bond donors (Lipinski definition) is 1. The number of anilines is 1. The smallest absolute Gasteiger partial charge is 0.255 e. The number of imidazole rings is 1. The Hall–Kier alpha value is -4.14. The molecule has 4 aromatic rings. The number of rotatable bonds is 6. The summed E-state index contributed by atoms with van der Waals surface area (Å²) in [4.78, 5) is 41.8. The van der Waals surface area contributed by atoms with Crippen LogP contribution in [0.4, 0.5) is 5.95 Å². The van der Waals surface area contributed by atoms with Crippen LogP contribution in [0.5, 0.6) is 0 Å². The minimum atomic E-state index is -0.259. The lowest BCUT2D eigenvalue weighted by Gasteiger charge is -2.11. The molecule has 150 valence electrons. The van der Waals surface area contributed by atoms with Crippen molar-refractivity contribution in [1.29, 1.82) is 0 Å².